The Morgan fingerprint density at radius 2 is 2.18 bits per heavy atom. The van der Waals surface area contributed by atoms with Gasteiger partial charge in [0.25, 0.3) is 0 Å². The maximum atomic E-state index is 13.0. The van der Waals surface area contributed by atoms with E-state index < -0.39 is 0 Å². The van der Waals surface area contributed by atoms with Crippen LogP contribution in [0.1, 0.15) is 19.3 Å². The summed E-state index contributed by atoms with van der Waals surface area (Å²) in [4.78, 5) is 10.8. The zero-order valence-corrected chi connectivity index (χ0v) is 10.8. The molecule has 0 aliphatic rings. The Labute approximate surface area is 107 Å². The van der Waals surface area contributed by atoms with Crippen molar-refractivity contribution in [1.29, 1.82) is 0 Å². The fourth-order valence-electron chi connectivity index (χ4n) is 1.26. The highest BCUT2D eigenvalue weighted by Gasteiger charge is 2.01. The molecule has 0 radical (unpaired) electrons. The van der Waals surface area contributed by atoms with Crippen molar-refractivity contribution in [3.63, 3.8) is 0 Å². The van der Waals surface area contributed by atoms with Gasteiger partial charge in [0.1, 0.15) is 11.6 Å². The van der Waals surface area contributed by atoms with Crippen molar-refractivity contribution in [3.8, 4) is 5.75 Å². The minimum atomic E-state index is -0.350. The SMILES string of the molecule is NNC(=O)CCCCOc1cc(F)cc(Br)c1. The fourth-order valence-corrected chi connectivity index (χ4v) is 1.71. The normalized spacial score (nSPS) is 10.1. The molecule has 0 saturated heterocycles. The molecule has 0 saturated carbocycles. The van der Waals surface area contributed by atoms with E-state index in [4.69, 9.17) is 10.6 Å². The molecule has 0 aliphatic heterocycles. The fraction of sp³-hybridized carbons (Fsp3) is 0.364. The second-order valence-electron chi connectivity index (χ2n) is 3.48. The van der Waals surface area contributed by atoms with Gasteiger partial charge in [-0.25, -0.2) is 10.2 Å². The summed E-state index contributed by atoms with van der Waals surface area (Å²) in [5.41, 5.74) is 2.05. The Balaban J connectivity index is 2.24. The first-order valence-corrected chi connectivity index (χ1v) is 5.99. The number of carbonyl (C=O) groups excluding carboxylic acids is 1. The zero-order valence-electron chi connectivity index (χ0n) is 9.21. The second-order valence-corrected chi connectivity index (χ2v) is 4.39. The predicted octanol–water partition coefficient (Wildman–Crippen LogP) is 2.13. The number of unbranched alkanes of at least 4 members (excludes halogenated alkanes) is 1. The van der Waals surface area contributed by atoms with Gasteiger partial charge >= 0.3 is 0 Å². The van der Waals surface area contributed by atoms with Gasteiger partial charge in [-0.3, -0.25) is 10.2 Å². The summed E-state index contributed by atoms with van der Waals surface area (Å²) in [6.45, 7) is 0.438. The Morgan fingerprint density at radius 3 is 2.82 bits per heavy atom. The Bertz CT molecular complexity index is 367. The quantitative estimate of drug-likeness (QED) is 0.366. The lowest BCUT2D eigenvalue weighted by molar-refractivity contribution is -0.121. The minimum absolute atomic E-state index is 0.196. The van der Waals surface area contributed by atoms with Crippen molar-refractivity contribution in [1.82, 2.24) is 5.43 Å². The third-order valence-electron chi connectivity index (χ3n) is 2.06. The molecule has 1 aromatic rings. The van der Waals surface area contributed by atoms with Crippen LogP contribution in [0, 0.1) is 5.82 Å². The Morgan fingerprint density at radius 1 is 1.41 bits per heavy atom. The van der Waals surface area contributed by atoms with Gasteiger partial charge in [-0.05, 0) is 25.0 Å². The molecule has 3 N–H and O–H groups in total. The summed E-state index contributed by atoms with van der Waals surface area (Å²) in [6.07, 6.45) is 1.76. The smallest absolute Gasteiger partial charge is 0.233 e. The van der Waals surface area contributed by atoms with Crippen molar-refractivity contribution in [2.24, 2.45) is 5.84 Å². The summed E-state index contributed by atoms with van der Waals surface area (Å²) in [5.74, 6) is 4.86. The molecule has 0 heterocycles. The van der Waals surface area contributed by atoms with E-state index in [-0.39, 0.29) is 11.7 Å². The van der Waals surface area contributed by atoms with Gasteiger partial charge in [-0.15, -0.1) is 0 Å². The van der Waals surface area contributed by atoms with E-state index in [1.165, 1.54) is 12.1 Å². The topological polar surface area (TPSA) is 64.3 Å². The van der Waals surface area contributed by atoms with Crippen molar-refractivity contribution in [3.05, 3.63) is 28.5 Å². The number of carbonyl (C=O) groups is 1. The number of ether oxygens (including phenoxy) is 1. The first-order chi connectivity index (χ1) is 8.11. The van der Waals surface area contributed by atoms with Crippen LogP contribution < -0.4 is 16.0 Å². The summed E-state index contributed by atoms with van der Waals surface area (Å²) in [5, 5.41) is 0. The Kier molecular flexibility index (Phi) is 5.93. The van der Waals surface area contributed by atoms with E-state index in [0.29, 0.717) is 36.1 Å². The number of hydrogen-bond acceptors (Lipinski definition) is 3. The van der Waals surface area contributed by atoms with Crippen molar-refractivity contribution < 1.29 is 13.9 Å². The molecule has 0 aromatic heterocycles. The van der Waals surface area contributed by atoms with Crippen molar-refractivity contribution in [2.45, 2.75) is 19.3 Å². The molecule has 1 aromatic carbocycles. The minimum Gasteiger partial charge on any atom is -0.493 e. The lowest BCUT2D eigenvalue weighted by atomic mass is 10.2. The van der Waals surface area contributed by atoms with Crippen LogP contribution in [-0.2, 0) is 4.79 Å². The molecular weight excluding hydrogens is 291 g/mol. The van der Waals surface area contributed by atoms with Gasteiger partial charge in [-0.2, -0.15) is 0 Å². The molecular formula is C11H14BrFN2O2. The van der Waals surface area contributed by atoms with Crippen LogP contribution in [0.3, 0.4) is 0 Å². The lowest BCUT2D eigenvalue weighted by Crippen LogP contribution is -2.29. The van der Waals surface area contributed by atoms with Gasteiger partial charge in [0, 0.05) is 17.0 Å². The molecule has 6 heteroatoms. The summed E-state index contributed by atoms with van der Waals surface area (Å²) >= 11 is 3.18. The average Bonchev–Trinajstić information content (AvgIpc) is 2.27. The van der Waals surface area contributed by atoms with Crippen molar-refractivity contribution >= 4 is 21.8 Å². The van der Waals surface area contributed by atoms with E-state index in [1.54, 1.807) is 6.07 Å². The maximum Gasteiger partial charge on any atom is 0.233 e. The van der Waals surface area contributed by atoms with E-state index in [0.717, 1.165) is 0 Å². The molecule has 17 heavy (non-hydrogen) atoms. The number of nitrogens with two attached hydrogens (primary N) is 1. The van der Waals surface area contributed by atoms with Gasteiger partial charge in [0.2, 0.25) is 5.91 Å². The Hall–Kier alpha value is -1.14. The highest BCUT2D eigenvalue weighted by atomic mass is 79.9. The molecule has 1 rings (SSSR count). The van der Waals surface area contributed by atoms with E-state index in [1.807, 2.05) is 0 Å². The lowest BCUT2D eigenvalue weighted by Gasteiger charge is -2.06. The maximum absolute atomic E-state index is 13.0. The highest BCUT2D eigenvalue weighted by molar-refractivity contribution is 9.10. The third kappa shape index (κ3) is 5.65. The molecule has 4 nitrogen and oxygen atoms in total. The van der Waals surface area contributed by atoms with Crippen LogP contribution in [0.25, 0.3) is 0 Å². The van der Waals surface area contributed by atoms with Crippen LogP contribution in [0.2, 0.25) is 0 Å². The molecule has 1 amide bonds. The number of hydrogen-bond donors (Lipinski definition) is 2. The van der Waals surface area contributed by atoms with Gasteiger partial charge in [-0.1, -0.05) is 15.9 Å². The van der Waals surface area contributed by atoms with Crippen LogP contribution in [0.4, 0.5) is 4.39 Å². The van der Waals surface area contributed by atoms with Crippen LogP contribution in [-0.4, -0.2) is 12.5 Å². The molecule has 0 bridgehead atoms. The van der Waals surface area contributed by atoms with Crippen LogP contribution >= 0.6 is 15.9 Å². The molecule has 94 valence electrons. The zero-order chi connectivity index (χ0) is 12.7. The molecule has 0 unspecified atom stereocenters. The largest absolute Gasteiger partial charge is 0.493 e. The number of nitrogens with one attached hydrogen (secondary N) is 1. The average molecular weight is 305 g/mol. The van der Waals surface area contributed by atoms with Gasteiger partial charge in [0.05, 0.1) is 6.61 Å². The predicted molar refractivity (Wildman–Crippen MR) is 65.8 cm³/mol. The number of rotatable bonds is 6. The van der Waals surface area contributed by atoms with E-state index >= 15 is 0 Å². The number of halogens is 2. The monoisotopic (exact) mass is 304 g/mol. The standard InChI is InChI=1S/C11H14BrFN2O2/c12-8-5-9(13)7-10(6-8)17-4-2-1-3-11(16)15-14/h5-7H,1-4,14H2,(H,15,16). The summed E-state index contributed by atoms with van der Waals surface area (Å²) in [7, 11) is 0. The first-order valence-electron chi connectivity index (χ1n) is 5.20. The number of benzene rings is 1. The number of amides is 1. The molecule has 0 aliphatic carbocycles. The third-order valence-corrected chi connectivity index (χ3v) is 2.52. The highest BCUT2D eigenvalue weighted by Crippen LogP contribution is 2.20. The van der Waals surface area contributed by atoms with Gasteiger partial charge < -0.3 is 4.74 Å². The van der Waals surface area contributed by atoms with Gasteiger partial charge in [0.15, 0.2) is 0 Å². The first kappa shape index (κ1) is 13.9. The van der Waals surface area contributed by atoms with E-state index in [9.17, 15) is 9.18 Å². The molecule has 0 fully saturated rings. The van der Waals surface area contributed by atoms with Crippen LogP contribution in [0.5, 0.6) is 5.75 Å². The molecule has 0 atom stereocenters. The van der Waals surface area contributed by atoms with Crippen LogP contribution in [0.15, 0.2) is 22.7 Å². The second kappa shape index (κ2) is 7.24. The van der Waals surface area contributed by atoms with Crippen molar-refractivity contribution in [2.75, 3.05) is 6.61 Å². The summed E-state index contributed by atoms with van der Waals surface area (Å²) < 4.78 is 19.0. The summed E-state index contributed by atoms with van der Waals surface area (Å²) in [6, 6.07) is 4.37. The molecule has 0 spiro atoms. The number of hydrazine groups is 1. The van der Waals surface area contributed by atoms with E-state index in [2.05, 4.69) is 21.4 Å².